The van der Waals surface area contributed by atoms with Gasteiger partial charge in [0.05, 0.1) is 5.70 Å². The maximum Gasteiger partial charge on any atom is 0.258 e. The van der Waals surface area contributed by atoms with Crippen LogP contribution in [-0.4, -0.2) is 45.8 Å². The third kappa shape index (κ3) is 3.77. The SMILES string of the molecule is CC1=C(CCN2CC=C(c3c[nH]c4ccccc34)CC2)C(=O)N2C(c3ccccc3)=CSC2N1. The van der Waals surface area contributed by atoms with Gasteiger partial charge in [0.15, 0.2) is 5.50 Å². The molecule has 172 valence electrons. The first-order chi connectivity index (χ1) is 16.7. The largest absolute Gasteiger partial charge is 0.361 e. The number of thioether (sulfide) groups is 1. The van der Waals surface area contributed by atoms with Gasteiger partial charge in [-0.15, -0.1) is 0 Å². The molecular weight excluding hydrogens is 440 g/mol. The molecule has 0 radical (unpaired) electrons. The Bertz CT molecular complexity index is 1340. The molecule has 1 amide bonds. The van der Waals surface area contributed by atoms with Gasteiger partial charge in [0.25, 0.3) is 5.91 Å². The Morgan fingerprint density at radius 3 is 2.74 bits per heavy atom. The van der Waals surface area contributed by atoms with Gasteiger partial charge in [0.1, 0.15) is 0 Å². The Balaban J connectivity index is 1.13. The van der Waals surface area contributed by atoms with Crippen LogP contribution in [0.4, 0.5) is 0 Å². The van der Waals surface area contributed by atoms with Crippen LogP contribution in [0.1, 0.15) is 30.9 Å². The number of aromatic nitrogens is 1. The smallest absolute Gasteiger partial charge is 0.258 e. The highest BCUT2D eigenvalue weighted by atomic mass is 32.2. The fourth-order valence-electron chi connectivity index (χ4n) is 5.14. The Hall–Kier alpha value is -3.22. The second-order valence-electron chi connectivity index (χ2n) is 9.06. The first-order valence-electron chi connectivity index (χ1n) is 11.9. The highest BCUT2D eigenvalue weighted by Gasteiger charge is 2.38. The standard InChI is InChI=1S/C28H28N4OS/c1-19-22(27(33)32-26(18-34-28(32)30-19)21-7-3-2-4-8-21)13-16-31-14-11-20(12-15-31)24-17-29-25-10-6-5-9-23(24)25/h2-11,17-18,28-30H,12-16H2,1H3. The van der Waals surface area contributed by atoms with Crippen LogP contribution in [0.5, 0.6) is 0 Å². The first-order valence-corrected chi connectivity index (χ1v) is 12.8. The van der Waals surface area contributed by atoms with Crippen molar-refractivity contribution >= 4 is 39.8 Å². The second-order valence-corrected chi connectivity index (χ2v) is 10.0. The van der Waals surface area contributed by atoms with Crippen LogP contribution in [-0.2, 0) is 4.79 Å². The van der Waals surface area contributed by atoms with E-state index in [2.05, 4.69) is 69.3 Å². The number of carbonyl (C=O) groups excluding carboxylic acids is 1. The molecule has 0 saturated carbocycles. The minimum atomic E-state index is -0.0527. The number of para-hydroxylation sites is 1. The molecule has 6 rings (SSSR count). The Morgan fingerprint density at radius 2 is 1.91 bits per heavy atom. The number of nitrogens with zero attached hydrogens (tertiary/aromatic N) is 2. The van der Waals surface area contributed by atoms with Crippen molar-refractivity contribution in [3.05, 3.63) is 94.7 Å². The third-order valence-corrected chi connectivity index (χ3v) is 7.99. The van der Waals surface area contributed by atoms with Crippen molar-refractivity contribution in [2.75, 3.05) is 19.6 Å². The van der Waals surface area contributed by atoms with Crippen molar-refractivity contribution in [2.24, 2.45) is 0 Å². The molecular formula is C28H28N4OS. The molecule has 0 spiro atoms. The van der Waals surface area contributed by atoms with Crippen LogP contribution in [0.25, 0.3) is 22.2 Å². The summed E-state index contributed by atoms with van der Waals surface area (Å²) in [6.07, 6.45) is 6.27. The summed E-state index contributed by atoms with van der Waals surface area (Å²) < 4.78 is 0. The average Bonchev–Trinajstić information content (AvgIpc) is 3.49. The van der Waals surface area contributed by atoms with Crippen LogP contribution < -0.4 is 5.32 Å². The van der Waals surface area contributed by atoms with E-state index in [-0.39, 0.29) is 11.4 Å². The topological polar surface area (TPSA) is 51.4 Å². The van der Waals surface area contributed by atoms with Gasteiger partial charge in [-0.05, 0) is 42.4 Å². The molecule has 1 aromatic heterocycles. The van der Waals surface area contributed by atoms with Crippen LogP contribution in [0.15, 0.2) is 83.5 Å². The van der Waals surface area contributed by atoms with E-state index in [1.54, 1.807) is 11.8 Å². The number of benzene rings is 2. The van der Waals surface area contributed by atoms with Crippen molar-refractivity contribution < 1.29 is 4.79 Å². The minimum absolute atomic E-state index is 0.0527. The summed E-state index contributed by atoms with van der Waals surface area (Å²) in [6.45, 7) is 4.85. The first kappa shape index (κ1) is 21.3. The number of fused-ring (bicyclic) bond motifs is 2. The quantitative estimate of drug-likeness (QED) is 0.528. The number of carbonyl (C=O) groups is 1. The second kappa shape index (κ2) is 8.85. The van der Waals surface area contributed by atoms with Crippen molar-refractivity contribution in [1.29, 1.82) is 0 Å². The molecule has 0 bridgehead atoms. The van der Waals surface area contributed by atoms with Gasteiger partial charge in [-0.25, -0.2) is 0 Å². The van der Waals surface area contributed by atoms with E-state index < -0.39 is 0 Å². The lowest BCUT2D eigenvalue weighted by molar-refractivity contribution is -0.125. The van der Waals surface area contributed by atoms with E-state index in [4.69, 9.17) is 0 Å². The lowest BCUT2D eigenvalue weighted by Gasteiger charge is -2.35. The maximum absolute atomic E-state index is 13.5. The van der Waals surface area contributed by atoms with Gasteiger partial charge in [-0.3, -0.25) is 14.6 Å². The summed E-state index contributed by atoms with van der Waals surface area (Å²) in [6, 6.07) is 18.7. The average molecular weight is 469 g/mol. The van der Waals surface area contributed by atoms with E-state index in [1.807, 2.05) is 30.0 Å². The number of allylic oxidation sites excluding steroid dienone is 1. The van der Waals surface area contributed by atoms with E-state index in [0.717, 1.165) is 55.0 Å². The van der Waals surface area contributed by atoms with Gasteiger partial charge in [0.2, 0.25) is 0 Å². The Labute approximate surface area is 204 Å². The third-order valence-electron chi connectivity index (χ3n) is 7.05. The molecule has 3 aliphatic rings. The number of aromatic amines is 1. The van der Waals surface area contributed by atoms with E-state index in [9.17, 15) is 4.79 Å². The lowest BCUT2D eigenvalue weighted by atomic mass is 9.98. The zero-order chi connectivity index (χ0) is 23.1. The molecule has 34 heavy (non-hydrogen) atoms. The Kier molecular flexibility index (Phi) is 5.55. The molecule has 4 heterocycles. The zero-order valence-corrected chi connectivity index (χ0v) is 20.1. The highest BCUT2D eigenvalue weighted by molar-refractivity contribution is 8.03. The number of hydrogen-bond acceptors (Lipinski definition) is 4. The number of rotatable bonds is 5. The summed E-state index contributed by atoms with van der Waals surface area (Å²) in [4.78, 5) is 21.3. The molecule has 0 fully saturated rings. The van der Waals surface area contributed by atoms with Crippen LogP contribution in [0.3, 0.4) is 0 Å². The molecule has 0 aliphatic carbocycles. The van der Waals surface area contributed by atoms with E-state index in [0.29, 0.717) is 0 Å². The normalized spacial score (nSPS) is 20.9. The van der Waals surface area contributed by atoms with Gasteiger partial charge < -0.3 is 10.3 Å². The predicted molar refractivity (Wildman–Crippen MR) is 140 cm³/mol. The fraction of sp³-hybridized carbons (Fsp3) is 0.250. The fourth-order valence-corrected chi connectivity index (χ4v) is 6.23. The van der Waals surface area contributed by atoms with Gasteiger partial charge in [-0.1, -0.05) is 66.4 Å². The van der Waals surface area contributed by atoms with Crippen molar-refractivity contribution in [3.8, 4) is 0 Å². The van der Waals surface area contributed by atoms with Crippen LogP contribution in [0, 0.1) is 0 Å². The molecule has 1 atom stereocenters. The summed E-state index contributed by atoms with van der Waals surface area (Å²) in [5, 5.41) is 6.94. The molecule has 0 saturated heterocycles. The number of amides is 1. The molecule has 3 aliphatic heterocycles. The monoisotopic (exact) mass is 468 g/mol. The minimum Gasteiger partial charge on any atom is -0.361 e. The lowest BCUT2D eigenvalue weighted by Crippen LogP contribution is -2.48. The molecule has 3 aromatic rings. The zero-order valence-electron chi connectivity index (χ0n) is 19.3. The molecule has 1 unspecified atom stereocenters. The Morgan fingerprint density at radius 1 is 1.09 bits per heavy atom. The maximum atomic E-state index is 13.5. The van der Waals surface area contributed by atoms with Crippen molar-refractivity contribution in [3.63, 3.8) is 0 Å². The van der Waals surface area contributed by atoms with Crippen LogP contribution >= 0.6 is 11.8 Å². The van der Waals surface area contributed by atoms with Gasteiger partial charge >= 0.3 is 0 Å². The molecule has 6 heteroatoms. The van der Waals surface area contributed by atoms with Gasteiger partial charge in [-0.2, -0.15) is 0 Å². The van der Waals surface area contributed by atoms with Crippen molar-refractivity contribution in [2.45, 2.75) is 25.3 Å². The van der Waals surface area contributed by atoms with E-state index >= 15 is 0 Å². The van der Waals surface area contributed by atoms with Crippen molar-refractivity contribution in [1.82, 2.24) is 20.1 Å². The number of H-pyrrole nitrogens is 1. The van der Waals surface area contributed by atoms with Gasteiger partial charge in [0, 0.05) is 53.6 Å². The molecule has 5 nitrogen and oxygen atoms in total. The highest BCUT2D eigenvalue weighted by Crippen LogP contribution is 2.40. The predicted octanol–water partition coefficient (Wildman–Crippen LogP) is 5.38. The number of hydrogen-bond donors (Lipinski definition) is 2. The van der Waals surface area contributed by atoms with Crippen LogP contribution in [0.2, 0.25) is 0 Å². The summed E-state index contributed by atoms with van der Waals surface area (Å²) in [7, 11) is 0. The summed E-state index contributed by atoms with van der Waals surface area (Å²) in [5.74, 6) is 0.133. The number of nitrogens with one attached hydrogen (secondary N) is 2. The summed E-state index contributed by atoms with van der Waals surface area (Å²) in [5.41, 5.74) is 7.84. The molecule has 2 N–H and O–H groups in total. The molecule has 2 aromatic carbocycles. The van der Waals surface area contributed by atoms with E-state index in [1.165, 1.54) is 22.0 Å². The summed E-state index contributed by atoms with van der Waals surface area (Å²) >= 11 is 1.66.